The zero-order valence-corrected chi connectivity index (χ0v) is 16.7. The van der Waals surface area contributed by atoms with Gasteiger partial charge in [-0.25, -0.2) is 0 Å². The molecule has 1 N–H and O–H groups in total. The third-order valence-electron chi connectivity index (χ3n) is 3.88. The number of amides is 1. The van der Waals surface area contributed by atoms with Gasteiger partial charge in [0.15, 0.2) is 5.16 Å². The van der Waals surface area contributed by atoms with E-state index in [0.717, 1.165) is 16.9 Å². The van der Waals surface area contributed by atoms with Crippen molar-refractivity contribution in [3.8, 4) is 5.69 Å². The molecule has 0 radical (unpaired) electrons. The number of hydrogen-bond acceptors (Lipinski definition) is 5. The molecule has 0 spiro atoms. The number of aromatic nitrogens is 3. The van der Waals surface area contributed by atoms with Crippen LogP contribution in [-0.2, 0) is 11.3 Å². The van der Waals surface area contributed by atoms with Crippen molar-refractivity contribution in [1.29, 1.82) is 0 Å². The van der Waals surface area contributed by atoms with Crippen molar-refractivity contribution in [2.24, 2.45) is 0 Å². The summed E-state index contributed by atoms with van der Waals surface area (Å²) in [6.45, 7) is 0.494. The molecule has 1 aromatic heterocycles. The van der Waals surface area contributed by atoms with Gasteiger partial charge in [0.2, 0.25) is 5.91 Å². The summed E-state index contributed by atoms with van der Waals surface area (Å²) in [6.07, 6.45) is 1.61. The van der Waals surface area contributed by atoms with E-state index in [4.69, 9.17) is 11.6 Å². The molecule has 3 rings (SSSR count). The minimum atomic E-state index is -0.0580. The third kappa shape index (κ3) is 5.24. The van der Waals surface area contributed by atoms with Crippen LogP contribution in [0.4, 0.5) is 5.69 Å². The fourth-order valence-electron chi connectivity index (χ4n) is 2.42. The average Bonchev–Trinajstić information content (AvgIpc) is 3.13. The fraction of sp³-hybridized carbons (Fsp3) is 0.211. The molecule has 0 unspecified atom stereocenters. The van der Waals surface area contributed by atoms with E-state index < -0.39 is 0 Å². The van der Waals surface area contributed by atoms with Crippen LogP contribution in [0.2, 0.25) is 5.02 Å². The van der Waals surface area contributed by atoms with Crippen LogP contribution in [0.3, 0.4) is 0 Å². The SMILES string of the molecule is CN(C)c1ccc(CNC(=O)CSc2nncn2-c2cccc(Cl)c2)cc1. The van der Waals surface area contributed by atoms with Gasteiger partial charge in [-0.05, 0) is 35.9 Å². The number of anilines is 1. The molecule has 0 aliphatic rings. The second kappa shape index (κ2) is 8.92. The van der Waals surface area contributed by atoms with Crippen LogP contribution in [-0.4, -0.2) is 40.5 Å². The molecule has 0 fully saturated rings. The van der Waals surface area contributed by atoms with Gasteiger partial charge < -0.3 is 10.2 Å². The first-order valence-electron chi connectivity index (χ1n) is 8.34. The van der Waals surface area contributed by atoms with E-state index in [1.54, 1.807) is 12.4 Å². The van der Waals surface area contributed by atoms with Gasteiger partial charge in [-0.1, -0.05) is 41.6 Å². The van der Waals surface area contributed by atoms with Crippen molar-refractivity contribution >= 4 is 35.0 Å². The monoisotopic (exact) mass is 401 g/mol. The van der Waals surface area contributed by atoms with Crippen molar-refractivity contribution in [2.45, 2.75) is 11.7 Å². The molecule has 0 atom stereocenters. The van der Waals surface area contributed by atoms with E-state index in [1.807, 2.05) is 66.0 Å². The number of halogens is 1. The van der Waals surface area contributed by atoms with E-state index in [9.17, 15) is 4.79 Å². The van der Waals surface area contributed by atoms with Crippen LogP contribution < -0.4 is 10.2 Å². The lowest BCUT2D eigenvalue weighted by Crippen LogP contribution is -2.24. The highest BCUT2D eigenvalue weighted by atomic mass is 35.5. The number of rotatable bonds is 7. The summed E-state index contributed by atoms with van der Waals surface area (Å²) in [7, 11) is 3.99. The summed E-state index contributed by atoms with van der Waals surface area (Å²) in [5.74, 6) is 0.201. The molecular formula is C19H20ClN5OS. The molecular weight excluding hydrogens is 382 g/mol. The van der Waals surface area contributed by atoms with E-state index in [-0.39, 0.29) is 11.7 Å². The Morgan fingerprint density at radius 2 is 2.00 bits per heavy atom. The Hall–Kier alpha value is -2.51. The summed E-state index contributed by atoms with van der Waals surface area (Å²) in [6, 6.07) is 15.5. The Labute approximate surface area is 167 Å². The predicted molar refractivity (Wildman–Crippen MR) is 110 cm³/mol. The Morgan fingerprint density at radius 3 is 2.70 bits per heavy atom. The van der Waals surface area contributed by atoms with Gasteiger partial charge in [-0.2, -0.15) is 0 Å². The van der Waals surface area contributed by atoms with E-state index in [0.29, 0.717) is 16.7 Å². The second-order valence-corrected chi connectivity index (χ2v) is 7.47. The molecule has 0 aliphatic heterocycles. The van der Waals surface area contributed by atoms with Crippen LogP contribution in [0.5, 0.6) is 0 Å². The Morgan fingerprint density at radius 1 is 1.22 bits per heavy atom. The number of nitrogens with zero attached hydrogens (tertiary/aromatic N) is 4. The quantitative estimate of drug-likeness (QED) is 0.615. The van der Waals surface area contributed by atoms with E-state index >= 15 is 0 Å². The van der Waals surface area contributed by atoms with Crippen LogP contribution in [0.1, 0.15) is 5.56 Å². The maximum atomic E-state index is 12.2. The van der Waals surface area contributed by atoms with Crippen molar-refractivity contribution in [3.63, 3.8) is 0 Å². The maximum Gasteiger partial charge on any atom is 0.230 e. The van der Waals surface area contributed by atoms with Crippen molar-refractivity contribution in [3.05, 3.63) is 65.4 Å². The lowest BCUT2D eigenvalue weighted by Gasteiger charge is -2.13. The number of carbonyl (C=O) groups excluding carboxylic acids is 1. The molecule has 6 nitrogen and oxygen atoms in total. The summed E-state index contributed by atoms with van der Waals surface area (Å²) < 4.78 is 1.81. The van der Waals surface area contributed by atoms with Crippen LogP contribution >= 0.6 is 23.4 Å². The summed E-state index contributed by atoms with van der Waals surface area (Å²) >= 11 is 7.37. The summed E-state index contributed by atoms with van der Waals surface area (Å²) in [5.41, 5.74) is 3.04. The van der Waals surface area contributed by atoms with Crippen molar-refractivity contribution in [2.75, 3.05) is 24.7 Å². The van der Waals surface area contributed by atoms with Gasteiger partial charge in [0.05, 0.1) is 11.4 Å². The minimum absolute atomic E-state index is 0.0580. The highest BCUT2D eigenvalue weighted by Crippen LogP contribution is 2.21. The lowest BCUT2D eigenvalue weighted by atomic mass is 10.2. The van der Waals surface area contributed by atoms with Gasteiger partial charge in [-0.3, -0.25) is 9.36 Å². The van der Waals surface area contributed by atoms with Gasteiger partial charge >= 0.3 is 0 Å². The normalized spacial score (nSPS) is 10.6. The topological polar surface area (TPSA) is 63.1 Å². The average molecular weight is 402 g/mol. The van der Waals surface area contributed by atoms with Gasteiger partial charge in [-0.15, -0.1) is 10.2 Å². The fourth-order valence-corrected chi connectivity index (χ4v) is 3.36. The first kappa shape index (κ1) is 19.3. The molecule has 0 bridgehead atoms. The molecule has 27 heavy (non-hydrogen) atoms. The maximum absolute atomic E-state index is 12.2. The molecule has 1 heterocycles. The number of carbonyl (C=O) groups is 1. The van der Waals surface area contributed by atoms with Gasteiger partial charge in [0, 0.05) is 31.4 Å². The zero-order valence-electron chi connectivity index (χ0n) is 15.1. The highest BCUT2D eigenvalue weighted by molar-refractivity contribution is 7.99. The van der Waals surface area contributed by atoms with Crippen LogP contribution in [0.15, 0.2) is 60.0 Å². The van der Waals surface area contributed by atoms with Crippen LogP contribution in [0, 0.1) is 0 Å². The number of benzene rings is 2. The van der Waals surface area contributed by atoms with Crippen molar-refractivity contribution in [1.82, 2.24) is 20.1 Å². The van der Waals surface area contributed by atoms with Crippen molar-refractivity contribution < 1.29 is 4.79 Å². The first-order chi connectivity index (χ1) is 13.0. The lowest BCUT2D eigenvalue weighted by molar-refractivity contribution is -0.118. The second-order valence-electron chi connectivity index (χ2n) is 6.09. The zero-order chi connectivity index (χ0) is 19.2. The predicted octanol–water partition coefficient (Wildman–Crippen LogP) is 3.40. The number of nitrogens with one attached hydrogen (secondary N) is 1. The molecule has 2 aromatic carbocycles. The smallest absolute Gasteiger partial charge is 0.230 e. The number of thioether (sulfide) groups is 1. The van der Waals surface area contributed by atoms with E-state index in [1.165, 1.54) is 11.8 Å². The molecule has 8 heteroatoms. The Bertz CT molecular complexity index is 910. The summed E-state index contributed by atoms with van der Waals surface area (Å²) in [4.78, 5) is 14.2. The summed E-state index contributed by atoms with van der Waals surface area (Å²) in [5, 5.41) is 12.2. The molecule has 3 aromatic rings. The molecule has 140 valence electrons. The molecule has 0 saturated carbocycles. The minimum Gasteiger partial charge on any atom is -0.378 e. The Kier molecular flexibility index (Phi) is 6.36. The molecule has 0 aliphatic carbocycles. The first-order valence-corrected chi connectivity index (χ1v) is 9.71. The molecule has 1 amide bonds. The van der Waals surface area contributed by atoms with Gasteiger partial charge in [0.25, 0.3) is 0 Å². The molecule has 0 saturated heterocycles. The third-order valence-corrected chi connectivity index (χ3v) is 5.06. The van der Waals surface area contributed by atoms with Gasteiger partial charge in [0.1, 0.15) is 6.33 Å². The number of hydrogen-bond donors (Lipinski definition) is 1. The van der Waals surface area contributed by atoms with Crippen LogP contribution in [0.25, 0.3) is 5.69 Å². The highest BCUT2D eigenvalue weighted by Gasteiger charge is 2.10. The standard InChI is InChI=1S/C19H20ClN5OS/c1-24(2)16-8-6-14(7-9-16)11-21-18(26)12-27-19-23-22-13-25(19)17-5-3-4-15(20)10-17/h3-10,13H,11-12H2,1-2H3,(H,21,26). The Balaban J connectivity index is 1.53. The van der Waals surface area contributed by atoms with E-state index in [2.05, 4.69) is 15.5 Å². The largest absolute Gasteiger partial charge is 0.378 e.